The lowest BCUT2D eigenvalue weighted by Gasteiger charge is -2.13. The average Bonchev–Trinajstić information content (AvgIpc) is 2.89. The number of halogens is 2. The van der Waals surface area contributed by atoms with Crippen LogP contribution in [0, 0.1) is 0 Å². The van der Waals surface area contributed by atoms with E-state index in [0.29, 0.717) is 28.5 Å². The molecule has 1 aromatic heterocycles. The van der Waals surface area contributed by atoms with E-state index < -0.39 is 0 Å². The van der Waals surface area contributed by atoms with E-state index in [9.17, 15) is 0 Å². The highest BCUT2D eigenvalue weighted by molar-refractivity contribution is 9.08. The molecule has 0 unspecified atom stereocenters. The molecule has 18 heavy (non-hydrogen) atoms. The normalized spacial score (nSPS) is 10.4. The van der Waals surface area contributed by atoms with Gasteiger partial charge >= 0.3 is 0 Å². The third-order valence-electron chi connectivity index (χ3n) is 2.28. The van der Waals surface area contributed by atoms with Crippen molar-refractivity contribution in [3.8, 4) is 11.5 Å². The van der Waals surface area contributed by atoms with Gasteiger partial charge in [-0.15, -0.1) is 11.3 Å². The highest BCUT2D eigenvalue weighted by Crippen LogP contribution is 2.36. The van der Waals surface area contributed by atoms with Crippen molar-refractivity contribution in [3.63, 3.8) is 0 Å². The molecule has 0 aliphatic rings. The van der Waals surface area contributed by atoms with E-state index in [1.807, 2.05) is 11.4 Å². The molecule has 0 atom stereocenters. The van der Waals surface area contributed by atoms with Crippen LogP contribution in [0.3, 0.4) is 0 Å². The molecule has 0 aliphatic carbocycles. The SMILES string of the molecule is COc1cc(Cl)cc(CBr)c1OCc1nccs1. The molecule has 3 nitrogen and oxygen atoms in total. The Morgan fingerprint density at radius 2 is 2.28 bits per heavy atom. The van der Waals surface area contributed by atoms with E-state index in [2.05, 4.69) is 20.9 Å². The molecule has 0 saturated carbocycles. The lowest BCUT2D eigenvalue weighted by molar-refractivity contribution is 0.282. The van der Waals surface area contributed by atoms with Gasteiger partial charge in [0.1, 0.15) is 11.6 Å². The van der Waals surface area contributed by atoms with Crippen molar-refractivity contribution in [1.29, 1.82) is 0 Å². The minimum absolute atomic E-state index is 0.426. The Morgan fingerprint density at radius 3 is 2.89 bits per heavy atom. The van der Waals surface area contributed by atoms with Crippen LogP contribution in [0.4, 0.5) is 0 Å². The predicted molar refractivity (Wildman–Crippen MR) is 77.1 cm³/mol. The van der Waals surface area contributed by atoms with Gasteiger partial charge in [-0.2, -0.15) is 0 Å². The molecule has 6 heteroatoms. The Bertz CT molecular complexity index is 494. The van der Waals surface area contributed by atoms with Crippen molar-refractivity contribution >= 4 is 38.9 Å². The second-order valence-electron chi connectivity index (χ2n) is 3.44. The lowest BCUT2D eigenvalue weighted by Crippen LogP contribution is -2.00. The fourth-order valence-corrected chi connectivity index (χ4v) is 2.67. The number of nitrogens with zero attached hydrogens (tertiary/aromatic N) is 1. The lowest BCUT2D eigenvalue weighted by atomic mass is 10.2. The van der Waals surface area contributed by atoms with Crippen LogP contribution in [0.25, 0.3) is 0 Å². The number of rotatable bonds is 5. The van der Waals surface area contributed by atoms with Crippen LogP contribution in [-0.4, -0.2) is 12.1 Å². The Labute approximate surface area is 123 Å². The van der Waals surface area contributed by atoms with Crippen LogP contribution < -0.4 is 9.47 Å². The molecular formula is C12H11BrClNO2S. The standard InChI is InChI=1S/C12H11BrClNO2S/c1-16-10-5-9(14)4-8(6-13)12(10)17-7-11-15-2-3-18-11/h2-5H,6-7H2,1H3. The first kappa shape index (κ1) is 13.6. The zero-order valence-electron chi connectivity index (χ0n) is 9.65. The van der Waals surface area contributed by atoms with Crippen LogP contribution in [0.15, 0.2) is 23.7 Å². The Kier molecular flexibility index (Phi) is 4.86. The number of benzene rings is 1. The number of alkyl halides is 1. The predicted octanol–water partition coefficient (Wildman–Crippen LogP) is 4.28. The van der Waals surface area contributed by atoms with Crippen molar-refractivity contribution in [2.24, 2.45) is 0 Å². The summed E-state index contributed by atoms with van der Waals surface area (Å²) in [6, 6.07) is 3.60. The maximum absolute atomic E-state index is 6.01. The summed E-state index contributed by atoms with van der Waals surface area (Å²) in [5.74, 6) is 1.34. The van der Waals surface area contributed by atoms with Crippen molar-refractivity contribution in [2.45, 2.75) is 11.9 Å². The minimum Gasteiger partial charge on any atom is -0.493 e. The molecule has 0 aliphatic heterocycles. The number of ether oxygens (including phenoxy) is 2. The molecule has 0 bridgehead atoms. The highest BCUT2D eigenvalue weighted by atomic mass is 79.9. The summed E-state index contributed by atoms with van der Waals surface area (Å²) in [7, 11) is 1.60. The average molecular weight is 349 g/mol. The molecule has 0 saturated heterocycles. The van der Waals surface area contributed by atoms with Gasteiger partial charge in [-0.3, -0.25) is 0 Å². The van der Waals surface area contributed by atoms with Gasteiger partial charge in [-0.05, 0) is 6.07 Å². The third-order valence-corrected chi connectivity index (χ3v) is 3.86. The molecule has 96 valence electrons. The number of methoxy groups -OCH3 is 1. The molecular weight excluding hydrogens is 338 g/mol. The minimum atomic E-state index is 0.426. The maximum Gasteiger partial charge on any atom is 0.165 e. The second kappa shape index (κ2) is 6.41. The van der Waals surface area contributed by atoms with Gasteiger partial charge in [0.15, 0.2) is 11.5 Å². The fraction of sp³-hybridized carbons (Fsp3) is 0.250. The molecule has 0 radical (unpaired) electrons. The first-order valence-corrected chi connectivity index (χ1v) is 7.56. The van der Waals surface area contributed by atoms with Gasteiger partial charge < -0.3 is 9.47 Å². The molecule has 1 aromatic carbocycles. The van der Waals surface area contributed by atoms with Crippen LogP contribution in [0.5, 0.6) is 11.5 Å². The summed E-state index contributed by atoms with van der Waals surface area (Å²) in [6.45, 7) is 0.426. The number of thiazole rings is 1. The molecule has 1 heterocycles. The van der Waals surface area contributed by atoms with Crippen LogP contribution in [0.2, 0.25) is 5.02 Å². The Hall–Kier alpha value is -0.780. The zero-order valence-corrected chi connectivity index (χ0v) is 12.8. The highest BCUT2D eigenvalue weighted by Gasteiger charge is 2.12. The van der Waals surface area contributed by atoms with E-state index in [4.69, 9.17) is 21.1 Å². The van der Waals surface area contributed by atoms with Gasteiger partial charge in [0, 0.05) is 33.6 Å². The van der Waals surface area contributed by atoms with Gasteiger partial charge in [-0.25, -0.2) is 4.98 Å². The van der Waals surface area contributed by atoms with Crippen molar-refractivity contribution < 1.29 is 9.47 Å². The summed E-state index contributed by atoms with van der Waals surface area (Å²) in [6.07, 6.45) is 1.76. The quantitative estimate of drug-likeness (QED) is 0.756. The molecule has 0 spiro atoms. The fourth-order valence-electron chi connectivity index (χ4n) is 1.50. The maximum atomic E-state index is 6.01. The first-order valence-electron chi connectivity index (χ1n) is 5.18. The van der Waals surface area contributed by atoms with E-state index in [-0.39, 0.29) is 0 Å². The topological polar surface area (TPSA) is 31.4 Å². The van der Waals surface area contributed by atoms with Crippen LogP contribution >= 0.6 is 38.9 Å². The third kappa shape index (κ3) is 3.16. The first-order chi connectivity index (χ1) is 8.74. The van der Waals surface area contributed by atoms with E-state index >= 15 is 0 Å². The molecule has 2 rings (SSSR count). The van der Waals surface area contributed by atoms with Crippen molar-refractivity contribution in [2.75, 3.05) is 7.11 Å². The van der Waals surface area contributed by atoms with Crippen molar-refractivity contribution in [1.82, 2.24) is 4.98 Å². The summed E-state index contributed by atoms with van der Waals surface area (Å²) in [5, 5.41) is 4.12. The summed E-state index contributed by atoms with van der Waals surface area (Å²) >= 11 is 11.0. The smallest absolute Gasteiger partial charge is 0.165 e. The Balaban J connectivity index is 2.24. The van der Waals surface area contributed by atoms with Gasteiger partial charge in [0.05, 0.1) is 7.11 Å². The molecule has 2 aromatic rings. The number of aromatic nitrogens is 1. The second-order valence-corrected chi connectivity index (χ2v) is 5.42. The van der Waals surface area contributed by atoms with E-state index in [0.717, 1.165) is 10.6 Å². The summed E-state index contributed by atoms with van der Waals surface area (Å²) in [5.41, 5.74) is 0.955. The summed E-state index contributed by atoms with van der Waals surface area (Å²) in [4.78, 5) is 4.17. The van der Waals surface area contributed by atoms with Crippen LogP contribution in [0.1, 0.15) is 10.6 Å². The number of hydrogen-bond donors (Lipinski definition) is 0. The van der Waals surface area contributed by atoms with Crippen LogP contribution in [-0.2, 0) is 11.9 Å². The summed E-state index contributed by atoms with van der Waals surface area (Å²) < 4.78 is 11.1. The molecule has 0 fully saturated rings. The largest absolute Gasteiger partial charge is 0.493 e. The number of hydrogen-bond acceptors (Lipinski definition) is 4. The zero-order chi connectivity index (χ0) is 13.0. The van der Waals surface area contributed by atoms with E-state index in [1.54, 1.807) is 30.7 Å². The van der Waals surface area contributed by atoms with Gasteiger partial charge in [-0.1, -0.05) is 27.5 Å². The molecule has 0 amide bonds. The van der Waals surface area contributed by atoms with Crippen molar-refractivity contribution in [3.05, 3.63) is 39.3 Å². The van der Waals surface area contributed by atoms with E-state index in [1.165, 1.54) is 0 Å². The monoisotopic (exact) mass is 347 g/mol. The van der Waals surface area contributed by atoms with Gasteiger partial charge in [0.25, 0.3) is 0 Å². The Morgan fingerprint density at radius 1 is 1.44 bits per heavy atom. The van der Waals surface area contributed by atoms with Gasteiger partial charge in [0.2, 0.25) is 0 Å². The molecule has 0 N–H and O–H groups in total.